The molecule has 6 heteroatoms. The molecule has 1 amide bonds. The van der Waals surface area contributed by atoms with E-state index in [1.54, 1.807) is 12.1 Å². The number of anilines is 1. The van der Waals surface area contributed by atoms with Gasteiger partial charge in [-0.05, 0) is 36.8 Å². The second-order valence-electron chi connectivity index (χ2n) is 6.72. The van der Waals surface area contributed by atoms with E-state index in [2.05, 4.69) is 5.10 Å². The van der Waals surface area contributed by atoms with Crippen molar-refractivity contribution < 1.29 is 14.7 Å². The van der Waals surface area contributed by atoms with Crippen molar-refractivity contribution >= 4 is 23.3 Å². The number of carbonyl (C=O) groups is 2. The zero-order valence-corrected chi connectivity index (χ0v) is 15.5. The molecule has 0 spiro atoms. The van der Waals surface area contributed by atoms with E-state index in [4.69, 9.17) is 0 Å². The summed E-state index contributed by atoms with van der Waals surface area (Å²) in [6.07, 6.45) is 1.20. The number of rotatable bonds is 6. The number of hydrazone groups is 1. The number of carboxylic acids is 1. The average Bonchev–Trinajstić information content (AvgIpc) is 3.12. The van der Waals surface area contributed by atoms with Crippen molar-refractivity contribution in [3.8, 4) is 0 Å². The van der Waals surface area contributed by atoms with Crippen LogP contribution in [0.3, 0.4) is 0 Å². The van der Waals surface area contributed by atoms with Gasteiger partial charge in [-0.3, -0.25) is 9.80 Å². The number of aliphatic carboxylic acids is 1. The van der Waals surface area contributed by atoms with Crippen LogP contribution in [0.25, 0.3) is 0 Å². The Morgan fingerprint density at radius 2 is 1.81 bits per heavy atom. The Morgan fingerprint density at radius 1 is 1.15 bits per heavy atom. The molecule has 1 N–H and O–H groups in total. The summed E-state index contributed by atoms with van der Waals surface area (Å²) in [7, 11) is 1.53. The van der Waals surface area contributed by atoms with Crippen LogP contribution in [0.5, 0.6) is 0 Å². The van der Waals surface area contributed by atoms with Crippen LogP contribution in [0.2, 0.25) is 0 Å². The average molecular weight is 365 g/mol. The highest BCUT2D eigenvalue weighted by Crippen LogP contribution is 2.21. The monoisotopic (exact) mass is 365 g/mol. The molecule has 0 saturated carbocycles. The summed E-state index contributed by atoms with van der Waals surface area (Å²) >= 11 is 0. The van der Waals surface area contributed by atoms with Crippen LogP contribution in [0, 0.1) is 0 Å². The molecule has 2 aromatic rings. The maximum atomic E-state index is 12.8. The van der Waals surface area contributed by atoms with E-state index in [1.165, 1.54) is 11.9 Å². The van der Waals surface area contributed by atoms with Gasteiger partial charge in [-0.15, -0.1) is 0 Å². The van der Waals surface area contributed by atoms with Gasteiger partial charge in [0.1, 0.15) is 6.04 Å². The summed E-state index contributed by atoms with van der Waals surface area (Å²) in [5, 5.41) is 15.9. The number of hydrogen-bond acceptors (Lipinski definition) is 4. The number of hydrogen-bond donors (Lipinski definition) is 1. The molecule has 1 aliphatic rings. The molecule has 0 aromatic heterocycles. The first-order chi connectivity index (χ1) is 13.0. The smallest absolute Gasteiger partial charge is 0.326 e. The van der Waals surface area contributed by atoms with Crippen LogP contribution in [-0.2, 0) is 11.2 Å². The van der Waals surface area contributed by atoms with E-state index in [1.807, 2.05) is 54.4 Å². The van der Waals surface area contributed by atoms with E-state index >= 15 is 0 Å². The molecule has 1 heterocycles. The molecule has 3 rings (SSSR count). The summed E-state index contributed by atoms with van der Waals surface area (Å²) in [5.41, 5.74) is 3.34. The second-order valence-corrected chi connectivity index (χ2v) is 6.72. The molecule has 140 valence electrons. The quantitative estimate of drug-likeness (QED) is 0.854. The SMILES string of the molecule is CC1=NN(c2ccc(C(=O)N(C)C(Cc3ccccc3)C(=O)O)cc2)CC1. The lowest BCUT2D eigenvalue weighted by molar-refractivity contribution is -0.141. The molecule has 6 nitrogen and oxygen atoms in total. The van der Waals surface area contributed by atoms with Gasteiger partial charge >= 0.3 is 5.97 Å². The highest BCUT2D eigenvalue weighted by atomic mass is 16.4. The van der Waals surface area contributed by atoms with Gasteiger partial charge in [0.15, 0.2) is 0 Å². The molecule has 2 aromatic carbocycles. The fourth-order valence-corrected chi connectivity index (χ4v) is 3.11. The molecule has 0 radical (unpaired) electrons. The minimum Gasteiger partial charge on any atom is -0.480 e. The van der Waals surface area contributed by atoms with Crippen molar-refractivity contribution in [2.75, 3.05) is 18.6 Å². The van der Waals surface area contributed by atoms with Gasteiger partial charge in [0.05, 0.1) is 5.69 Å². The molecule has 1 aliphatic heterocycles. The van der Waals surface area contributed by atoms with Crippen LogP contribution in [0.4, 0.5) is 5.69 Å². The highest BCUT2D eigenvalue weighted by Gasteiger charge is 2.27. The number of likely N-dealkylation sites (N-methyl/N-ethyl adjacent to an activating group) is 1. The van der Waals surface area contributed by atoms with Crippen LogP contribution in [0.1, 0.15) is 29.3 Å². The van der Waals surface area contributed by atoms with Crippen molar-refractivity contribution in [2.24, 2.45) is 5.10 Å². The molecule has 1 unspecified atom stereocenters. The van der Waals surface area contributed by atoms with Gasteiger partial charge in [0.2, 0.25) is 0 Å². The number of carboxylic acid groups (broad SMARTS) is 1. The molecule has 27 heavy (non-hydrogen) atoms. The van der Waals surface area contributed by atoms with Crippen molar-refractivity contribution in [3.05, 3.63) is 65.7 Å². The standard InChI is InChI=1S/C21H23N3O3/c1-15-12-13-24(22-15)18-10-8-17(9-11-18)20(25)23(2)19(21(26)27)14-16-6-4-3-5-7-16/h3-11,19H,12-14H2,1-2H3,(H,26,27). The third-order valence-electron chi connectivity index (χ3n) is 4.73. The summed E-state index contributed by atoms with van der Waals surface area (Å²) in [6.45, 7) is 2.82. The van der Waals surface area contributed by atoms with E-state index in [0.29, 0.717) is 5.56 Å². The maximum Gasteiger partial charge on any atom is 0.326 e. The van der Waals surface area contributed by atoms with Crippen LogP contribution in [0.15, 0.2) is 59.7 Å². The normalized spacial score (nSPS) is 14.6. The van der Waals surface area contributed by atoms with E-state index in [-0.39, 0.29) is 12.3 Å². The first-order valence-corrected chi connectivity index (χ1v) is 8.91. The maximum absolute atomic E-state index is 12.8. The first-order valence-electron chi connectivity index (χ1n) is 8.91. The lowest BCUT2D eigenvalue weighted by Crippen LogP contribution is -2.43. The first kappa shape index (κ1) is 18.6. The van der Waals surface area contributed by atoms with Gasteiger partial charge in [-0.25, -0.2) is 4.79 Å². The predicted octanol–water partition coefficient (Wildman–Crippen LogP) is 3.04. The van der Waals surface area contributed by atoms with E-state index < -0.39 is 12.0 Å². The lowest BCUT2D eigenvalue weighted by Gasteiger charge is -2.25. The Balaban J connectivity index is 1.73. The van der Waals surface area contributed by atoms with Gasteiger partial charge < -0.3 is 10.0 Å². The zero-order valence-electron chi connectivity index (χ0n) is 15.5. The molecule has 0 bridgehead atoms. The van der Waals surface area contributed by atoms with E-state index in [9.17, 15) is 14.7 Å². The summed E-state index contributed by atoms with van der Waals surface area (Å²) in [5.74, 6) is -1.33. The minimum absolute atomic E-state index is 0.262. The van der Waals surface area contributed by atoms with Crippen molar-refractivity contribution in [3.63, 3.8) is 0 Å². The Hall–Kier alpha value is -3.15. The highest BCUT2D eigenvalue weighted by molar-refractivity contribution is 5.97. The van der Waals surface area contributed by atoms with E-state index in [0.717, 1.165) is 29.9 Å². The zero-order chi connectivity index (χ0) is 19.4. The third kappa shape index (κ3) is 4.34. The number of benzene rings is 2. The van der Waals surface area contributed by atoms with Gasteiger partial charge in [-0.1, -0.05) is 30.3 Å². The van der Waals surface area contributed by atoms with Crippen LogP contribution < -0.4 is 5.01 Å². The van der Waals surface area contributed by atoms with Crippen molar-refractivity contribution in [1.29, 1.82) is 0 Å². The van der Waals surface area contributed by atoms with Gasteiger partial charge in [-0.2, -0.15) is 5.10 Å². The number of nitrogens with zero attached hydrogens (tertiary/aromatic N) is 3. The number of amides is 1. The molecule has 1 atom stereocenters. The van der Waals surface area contributed by atoms with Crippen molar-refractivity contribution in [2.45, 2.75) is 25.8 Å². The third-order valence-corrected chi connectivity index (χ3v) is 4.73. The molecule has 0 aliphatic carbocycles. The molecular weight excluding hydrogens is 342 g/mol. The van der Waals surface area contributed by atoms with Gasteiger partial charge in [0, 0.05) is 37.7 Å². The largest absolute Gasteiger partial charge is 0.480 e. The topological polar surface area (TPSA) is 73.2 Å². The summed E-state index contributed by atoms with van der Waals surface area (Å²) < 4.78 is 0. The summed E-state index contributed by atoms with van der Waals surface area (Å²) in [6, 6.07) is 15.5. The molecule has 0 fully saturated rings. The minimum atomic E-state index is -1.02. The van der Waals surface area contributed by atoms with Crippen molar-refractivity contribution in [1.82, 2.24) is 4.90 Å². The fourth-order valence-electron chi connectivity index (χ4n) is 3.11. The Labute approximate surface area is 158 Å². The summed E-state index contributed by atoms with van der Waals surface area (Å²) in [4.78, 5) is 25.8. The fraction of sp³-hybridized carbons (Fsp3) is 0.286. The van der Waals surface area contributed by atoms with Crippen LogP contribution in [-0.4, -0.2) is 47.2 Å². The second kappa shape index (κ2) is 8.03. The lowest BCUT2D eigenvalue weighted by atomic mass is 10.0. The van der Waals surface area contributed by atoms with Gasteiger partial charge in [0.25, 0.3) is 5.91 Å². The molecule has 0 saturated heterocycles. The molecular formula is C21H23N3O3. The number of carbonyl (C=O) groups excluding carboxylic acids is 1. The Morgan fingerprint density at radius 3 is 2.37 bits per heavy atom. The predicted molar refractivity (Wildman–Crippen MR) is 105 cm³/mol. The Kier molecular flexibility index (Phi) is 5.54. The van der Waals surface area contributed by atoms with Crippen LogP contribution >= 0.6 is 0 Å². The Bertz CT molecular complexity index is 847.